The Morgan fingerprint density at radius 2 is 1.47 bits per heavy atom. The molecule has 0 heterocycles. The Hall–Kier alpha value is -1.58. The van der Waals surface area contributed by atoms with E-state index in [0.29, 0.717) is 11.1 Å². The zero-order chi connectivity index (χ0) is 11.0. The van der Waals surface area contributed by atoms with Gasteiger partial charge in [0.2, 0.25) is 0 Å². The number of hydrogen-bond donors (Lipinski definition) is 0. The van der Waals surface area contributed by atoms with Gasteiger partial charge in [0.1, 0.15) is 0 Å². The molecule has 2 bridgehead atoms. The maximum absolute atomic E-state index is 11.5. The number of carbonyl (C=O) groups excluding carboxylic acids is 2. The molecule has 15 heavy (non-hydrogen) atoms. The topological polar surface area (TPSA) is 52.6 Å². The summed E-state index contributed by atoms with van der Waals surface area (Å²) in [6, 6.07) is 0. The minimum Gasteiger partial charge on any atom is -0.466 e. The van der Waals surface area contributed by atoms with Gasteiger partial charge in [-0.1, -0.05) is 12.2 Å². The second-order valence-corrected chi connectivity index (χ2v) is 3.64. The molecule has 0 spiro atoms. The van der Waals surface area contributed by atoms with Crippen molar-refractivity contribution in [3.8, 4) is 0 Å². The first kappa shape index (κ1) is 9.96. The summed E-state index contributed by atoms with van der Waals surface area (Å²) in [5, 5.41) is 0. The summed E-state index contributed by atoms with van der Waals surface area (Å²) in [6.07, 6.45) is 4.68. The molecule has 0 aromatic heterocycles. The van der Waals surface area contributed by atoms with Crippen LogP contribution < -0.4 is 0 Å². The van der Waals surface area contributed by atoms with Crippen LogP contribution in [-0.4, -0.2) is 26.2 Å². The minimum atomic E-state index is -0.424. The van der Waals surface area contributed by atoms with Gasteiger partial charge in [0, 0.05) is 11.8 Å². The fourth-order valence-corrected chi connectivity index (χ4v) is 2.27. The molecule has 0 fully saturated rings. The molecule has 0 aromatic rings. The van der Waals surface area contributed by atoms with Crippen LogP contribution in [0.4, 0.5) is 0 Å². The predicted octanol–water partition coefficient (Wildman–Crippen LogP) is 0.835. The Morgan fingerprint density at radius 1 is 1.07 bits per heavy atom. The zero-order valence-corrected chi connectivity index (χ0v) is 8.65. The minimum absolute atomic E-state index is 0.0246. The summed E-state index contributed by atoms with van der Waals surface area (Å²) in [7, 11) is 2.64. The molecule has 4 nitrogen and oxygen atoms in total. The van der Waals surface area contributed by atoms with Crippen molar-refractivity contribution in [2.75, 3.05) is 14.2 Å². The van der Waals surface area contributed by atoms with Gasteiger partial charge in [-0.3, -0.25) is 0 Å². The highest BCUT2D eigenvalue weighted by Gasteiger charge is 2.42. The lowest BCUT2D eigenvalue weighted by Crippen LogP contribution is -2.17. The number of ether oxygens (including phenoxy) is 2. The number of rotatable bonds is 2. The molecule has 2 aliphatic rings. The zero-order valence-electron chi connectivity index (χ0n) is 8.65. The lowest BCUT2D eigenvalue weighted by molar-refractivity contribution is -0.139. The number of fused-ring (bicyclic) bond motifs is 2. The fraction of sp³-hybridized carbons (Fsp3) is 0.455. The largest absolute Gasteiger partial charge is 0.466 e. The summed E-state index contributed by atoms with van der Waals surface area (Å²) in [4.78, 5) is 23.0. The average molecular weight is 208 g/mol. The van der Waals surface area contributed by atoms with Crippen LogP contribution in [0.1, 0.15) is 6.42 Å². The molecule has 2 aliphatic carbocycles. The number of methoxy groups -OCH3 is 2. The SMILES string of the molecule is COC(=O)C1=C(C(=O)OC)[C@H]2C=C[C@@H]1C2. The van der Waals surface area contributed by atoms with Crippen molar-refractivity contribution in [2.45, 2.75) is 6.42 Å². The van der Waals surface area contributed by atoms with Crippen LogP contribution in [-0.2, 0) is 19.1 Å². The third-order valence-corrected chi connectivity index (χ3v) is 2.93. The van der Waals surface area contributed by atoms with Gasteiger partial charge in [-0.25, -0.2) is 9.59 Å². The van der Waals surface area contributed by atoms with Crippen molar-refractivity contribution in [3.63, 3.8) is 0 Å². The van der Waals surface area contributed by atoms with E-state index in [2.05, 4.69) is 9.47 Å². The quantitative estimate of drug-likeness (QED) is 0.498. The van der Waals surface area contributed by atoms with Crippen LogP contribution in [0.25, 0.3) is 0 Å². The molecule has 4 heteroatoms. The van der Waals surface area contributed by atoms with E-state index in [-0.39, 0.29) is 11.8 Å². The summed E-state index contributed by atoms with van der Waals surface area (Å²) in [6.45, 7) is 0. The fourth-order valence-electron chi connectivity index (χ4n) is 2.27. The summed E-state index contributed by atoms with van der Waals surface area (Å²) < 4.78 is 9.35. The van der Waals surface area contributed by atoms with Crippen molar-refractivity contribution < 1.29 is 19.1 Å². The van der Waals surface area contributed by atoms with Crippen molar-refractivity contribution in [2.24, 2.45) is 11.8 Å². The maximum Gasteiger partial charge on any atom is 0.334 e. The summed E-state index contributed by atoms with van der Waals surface area (Å²) >= 11 is 0. The Kier molecular flexibility index (Phi) is 2.34. The van der Waals surface area contributed by atoms with Crippen LogP contribution in [0, 0.1) is 11.8 Å². The van der Waals surface area contributed by atoms with Gasteiger partial charge in [0.05, 0.1) is 25.4 Å². The number of esters is 2. The van der Waals surface area contributed by atoms with Crippen LogP contribution in [0.3, 0.4) is 0 Å². The first-order valence-corrected chi connectivity index (χ1v) is 4.78. The van der Waals surface area contributed by atoms with Crippen molar-refractivity contribution >= 4 is 11.9 Å². The van der Waals surface area contributed by atoms with Gasteiger partial charge in [0.15, 0.2) is 0 Å². The third-order valence-electron chi connectivity index (χ3n) is 2.93. The first-order valence-electron chi connectivity index (χ1n) is 4.78. The van der Waals surface area contributed by atoms with Gasteiger partial charge in [0.25, 0.3) is 0 Å². The Balaban J connectivity index is 2.40. The first-order chi connectivity index (χ1) is 7.19. The van der Waals surface area contributed by atoms with Crippen molar-refractivity contribution in [1.82, 2.24) is 0 Å². The lowest BCUT2D eigenvalue weighted by atomic mass is 9.97. The number of hydrogen-bond acceptors (Lipinski definition) is 4. The highest BCUT2D eigenvalue weighted by Crippen LogP contribution is 2.44. The molecule has 0 saturated heterocycles. The molecular formula is C11H12O4. The van der Waals surface area contributed by atoms with Gasteiger partial charge in [-0.2, -0.15) is 0 Å². The second-order valence-electron chi connectivity index (χ2n) is 3.64. The Morgan fingerprint density at radius 3 is 1.80 bits per heavy atom. The van der Waals surface area contributed by atoms with Gasteiger partial charge in [-0.15, -0.1) is 0 Å². The molecule has 0 unspecified atom stereocenters. The highest BCUT2D eigenvalue weighted by atomic mass is 16.5. The van der Waals surface area contributed by atoms with E-state index < -0.39 is 11.9 Å². The average Bonchev–Trinajstić information content (AvgIpc) is 2.86. The molecule has 0 radical (unpaired) electrons. The van der Waals surface area contributed by atoms with Crippen LogP contribution >= 0.6 is 0 Å². The number of allylic oxidation sites excluding steroid dienone is 2. The van der Waals surface area contributed by atoms with Crippen molar-refractivity contribution in [3.05, 3.63) is 23.3 Å². The summed E-state index contributed by atoms with van der Waals surface area (Å²) in [5.74, 6) is -0.799. The lowest BCUT2D eigenvalue weighted by Gasteiger charge is -2.12. The van der Waals surface area contributed by atoms with Gasteiger partial charge in [-0.05, 0) is 6.42 Å². The van der Waals surface area contributed by atoms with Gasteiger partial charge >= 0.3 is 11.9 Å². The van der Waals surface area contributed by atoms with Crippen LogP contribution in [0.15, 0.2) is 23.3 Å². The molecule has 0 N–H and O–H groups in total. The van der Waals surface area contributed by atoms with Crippen molar-refractivity contribution in [1.29, 1.82) is 0 Å². The smallest absolute Gasteiger partial charge is 0.334 e. The van der Waals surface area contributed by atoms with E-state index >= 15 is 0 Å². The molecular weight excluding hydrogens is 196 g/mol. The van der Waals surface area contributed by atoms with E-state index in [1.807, 2.05) is 12.2 Å². The van der Waals surface area contributed by atoms with E-state index in [0.717, 1.165) is 6.42 Å². The number of carbonyl (C=O) groups is 2. The van der Waals surface area contributed by atoms with E-state index in [9.17, 15) is 9.59 Å². The second kappa shape index (κ2) is 3.53. The Labute approximate surface area is 87.5 Å². The molecule has 0 aliphatic heterocycles. The molecule has 2 rings (SSSR count). The van der Waals surface area contributed by atoms with E-state index in [1.165, 1.54) is 14.2 Å². The van der Waals surface area contributed by atoms with Crippen LogP contribution in [0.5, 0.6) is 0 Å². The van der Waals surface area contributed by atoms with Gasteiger partial charge < -0.3 is 9.47 Å². The summed E-state index contributed by atoms with van der Waals surface area (Å²) in [5.41, 5.74) is 0.939. The molecule has 0 aromatic carbocycles. The molecule has 0 amide bonds. The molecule has 2 atom stereocenters. The third kappa shape index (κ3) is 1.37. The van der Waals surface area contributed by atoms with Crippen LogP contribution in [0.2, 0.25) is 0 Å². The Bertz CT molecular complexity index is 344. The maximum atomic E-state index is 11.5. The monoisotopic (exact) mass is 208 g/mol. The molecule has 0 saturated carbocycles. The predicted molar refractivity (Wildman–Crippen MR) is 51.8 cm³/mol. The molecule has 80 valence electrons. The normalized spacial score (nSPS) is 27.1. The highest BCUT2D eigenvalue weighted by molar-refractivity contribution is 6.03. The van der Waals surface area contributed by atoms with E-state index in [4.69, 9.17) is 0 Å². The van der Waals surface area contributed by atoms with E-state index in [1.54, 1.807) is 0 Å². The standard InChI is InChI=1S/C11H12O4/c1-14-10(12)8-6-3-4-7(5-6)9(8)11(13)15-2/h3-4,6-7H,5H2,1-2H3/t6-,7+.